The number of amides is 2. The topological polar surface area (TPSA) is 61.9 Å². The van der Waals surface area contributed by atoms with Crippen molar-refractivity contribution in [1.29, 1.82) is 0 Å². The molecule has 0 aliphatic carbocycles. The lowest BCUT2D eigenvalue weighted by molar-refractivity contribution is -0.135. The number of halogens is 1. The van der Waals surface area contributed by atoms with E-state index in [1.807, 2.05) is 36.1 Å². The average Bonchev–Trinajstić information content (AvgIpc) is 2.73. The van der Waals surface area contributed by atoms with Crippen LogP contribution in [0.5, 0.6) is 5.75 Å². The van der Waals surface area contributed by atoms with Gasteiger partial charge in [-0.3, -0.25) is 14.5 Å². The number of nitrogens with one attached hydrogen (secondary N) is 1. The van der Waals surface area contributed by atoms with Gasteiger partial charge in [-0.25, -0.2) is 4.39 Å². The first kappa shape index (κ1) is 20.8. The Morgan fingerprint density at radius 2 is 1.72 bits per heavy atom. The van der Waals surface area contributed by atoms with Gasteiger partial charge in [-0.2, -0.15) is 0 Å². The van der Waals surface area contributed by atoms with Gasteiger partial charge in [0.05, 0.1) is 6.54 Å². The molecule has 0 bridgehead atoms. The Morgan fingerprint density at radius 1 is 1.03 bits per heavy atom. The summed E-state index contributed by atoms with van der Waals surface area (Å²) in [5.41, 5.74) is 2.26. The van der Waals surface area contributed by atoms with Gasteiger partial charge in [-0.1, -0.05) is 24.3 Å². The largest absolute Gasteiger partial charge is 0.484 e. The minimum Gasteiger partial charge on any atom is -0.484 e. The molecule has 0 spiro atoms. The molecule has 7 heteroatoms. The summed E-state index contributed by atoms with van der Waals surface area (Å²) in [5, 5.41) is 2.96. The smallest absolute Gasteiger partial charge is 0.260 e. The molecule has 0 saturated carbocycles. The maximum atomic E-state index is 12.9. The van der Waals surface area contributed by atoms with E-state index in [-0.39, 0.29) is 24.2 Å². The SMILES string of the molecule is Cc1ccccc1CNC(=O)CN1CCN(C(=O)COc2ccc(F)cc2)CC1. The zero-order chi connectivity index (χ0) is 20.6. The summed E-state index contributed by atoms with van der Waals surface area (Å²) >= 11 is 0. The van der Waals surface area contributed by atoms with E-state index in [0.717, 1.165) is 11.1 Å². The first-order valence-corrected chi connectivity index (χ1v) is 9.71. The Kier molecular flexibility index (Phi) is 7.19. The molecule has 2 amide bonds. The molecular weight excluding hydrogens is 373 g/mol. The minimum atomic E-state index is -0.345. The molecule has 6 nitrogen and oxygen atoms in total. The van der Waals surface area contributed by atoms with Gasteiger partial charge in [0.15, 0.2) is 6.61 Å². The first-order chi connectivity index (χ1) is 14.0. The van der Waals surface area contributed by atoms with E-state index in [4.69, 9.17) is 4.74 Å². The van der Waals surface area contributed by atoms with Crippen molar-refractivity contribution in [3.8, 4) is 5.75 Å². The predicted molar refractivity (Wildman–Crippen MR) is 108 cm³/mol. The van der Waals surface area contributed by atoms with Crippen LogP contribution in [0.2, 0.25) is 0 Å². The number of carbonyl (C=O) groups is 2. The maximum absolute atomic E-state index is 12.9. The molecule has 1 aliphatic rings. The molecule has 29 heavy (non-hydrogen) atoms. The Labute approximate surface area is 170 Å². The number of benzene rings is 2. The monoisotopic (exact) mass is 399 g/mol. The van der Waals surface area contributed by atoms with Gasteiger partial charge in [-0.05, 0) is 42.3 Å². The summed E-state index contributed by atoms with van der Waals surface area (Å²) in [5.74, 6) is -0.0166. The van der Waals surface area contributed by atoms with E-state index in [1.165, 1.54) is 24.3 Å². The van der Waals surface area contributed by atoms with Crippen LogP contribution in [-0.2, 0) is 16.1 Å². The lowest BCUT2D eigenvalue weighted by Gasteiger charge is -2.34. The van der Waals surface area contributed by atoms with E-state index in [1.54, 1.807) is 4.90 Å². The molecule has 1 heterocycles. The van der Waals surface area contributed by atoms with Crippen molar-refractivity contribution in [3.05, 3.63) is 65.5 Å². The molecule has 1 N–H and O–H groups in total. The number of rotatable bonds is 7. The third-order valence-electron chi connectivity index (χ3n) is 5.01. The van der Waals surface area contributed by atoms with Crippen molar-refractivity contribution in [2.24, 2.45) is 0 Å². The average molecular weight is 399 g/mol. The van der Waals surface area contributed by atoms with Gasteiger partial charge in [0.1, 0.15) is 11.6 Å². The molecule has 0 atom stereocenters. The Balaban J connectivity index is 1.36. The van der Waals surface area contributed by atoms with E-state index < -0.39 is 0 Å². The molecule has 2 aromatic rings. The molecule has 0 radical (unpaired) electrons. The van der Waals surface area contributed by atoms with Crippen molar-refractivity contribution in [2.75, 3.05) is 39.3 Å². The molecule has 3 rings (SSSR count). The second-order valence-electron chi connectivity index (χ2n) is 7.10. The number of ether oxygens (including phenoxy) is 1. The van der Waals surface area contributed by atoms with Crippen molar-refractivity contribution in [1.82, 2.24) is 15.1 Å². The fraction of sp³-hybridized carbons (Fsp3) is 0.364. The van der Waals surface area contributed by atoms with Crippen LogP contribution in [0.3, 0.4) is 0 Å². The van der Waals surface area contributed by atoms with Crippen LogP contribution >= 0.6 is 0 Å². The van der Waals surface area contributed by atoms with Crippen LogP contribution in [0.25, 0.3) is 0 Å². The number of aryl methyl sites for hydroxylation is 1. The number of carbonyl (C=O) groups excluding carboxylic acids is 2. The summed E-state index contributed by atoms with van der Waals surface area (Å²) in [6.07, 6.45) is 0. The van der Waals surface area contributed by atoms with E-state index >= 15 is 0 Å². The number of hydrogen-bond donors (Lipinski definition) is 1. The van der Waals surface area contributed by atoms with Crippen LogP contribution in [0.4, 0.5) is 4.39 Å². The molecule has 154 valence electrons. The van der Waals surface area contributed by atoms with Crippen molar-refractivity contribution in [2.45, 2.75) is 13.5 Å². The zero-order valence-electron chi connectivity index (χ0n) is 16.6. The fourth-order valence-electron chi connectivity index (χ4n) is 3.18. The third-order valence-corrected chi connectivity index (χ3v) is 5.01. The van der Waals surface area contributed by atoms with Gasteiger partial charge < -0.3 is 15.0 Å². The molecule has 1 fully saturated rings. The number of piperazine rings is 1. The van der Waals surface area contributed by atoms with Crippen LogP contribution in [-0.4, -0.2) is 60.9 Å². The molecular formula is C22H26FN3O3. The van der Waals surface area contributed by atoms with Crippen molar-refractivity contribution >= 4 is 11.8 Å². The second-order valence-corrected chi connectivity index (χ2v) is 7.10. The standard InChI is InChI=1S/C22H26FN3O3/c1-17-4-2-3-5-18(17)14-24-21(27)15-25-10-12-26(13-11-25)22(28)16-29-20-8-6-19(23)7-9-20/h2-9H,10-16H2,1H3,(H,24,27). The lowest BCUT2D eigenvalue weighted by atomic mass is 10.1. The zero-order valence-corrected chi connectivity index (χ0v) is 16.6. The fourth-order valence-corrected chi connectivity index (χ4v) is 3.18. The highest BCUT2D eigenvalue weighted by atomic mass is 19.1. The molecule has 1 aliphatic heterocycles. The van der Waals surface area contributed by atoms with E-state index in [0.29, 0.717) is 45.0 Å². The number of hydrogen-bond acceptors (Lipinski definition) is 4. The molecule has 0 unspecified atom stereocenters. The number of nitrogens with zero attached hydrogens (tertiary/aromatic N) is 2. The Morgan fingerprint density at radius 3 is 2.41 bits per heavy atom. The van der Waals surface area contributed by atoms with Gasteiger partial charge >= 0.3 is 0 Å². The van der Waals surface area contributed by atoms with Crippen LogP contribution in [0.1, 0.15) is 11.1 Å². The summed E-state index contributed by atoms with van der Waals surface area (Å²) in [6.45, 7) is 5.16. The highest BCUT2D eigenvalue weighted by Gasteiger charge is 2.22. The highest BCUT2D eigenvalue weighted by molar-refractivity contribution is 5.79. The molecule has 2 aromatic carbocycles. The third kappa shape index (κ3) is 6.29. The van der Waals surface area contributed by atoms with Gasteiger partial charge in [0.25, 0.3) is 5.91 Å². The Hall–Kier alpha value is -2.93. The highest BCUT2D eigenvalue weighted by Crippen LogP contribution is 2.12. The van der Waals surface area contributed by atoms with Gasteiger partial charge in [0, 0.05) is 32.7 Å². The summed E-state index contributed by atoms with van der Waals surface area (Å²) in [4.78, 5) is 28.3. The predicted octanol–water partition coefficient (Wildman–Crippen LogP) is 1.97. The molecule has 0 aromatic heterocycles. The summed E-state index contributed by atoms with van der Waals surface area (Å²) in [7, 11) is 0. The minimum absolute atomic E-state index is 0.0207. The summed E-state index contributed by atoms with van der Waals surface area (Å²) < 4.78 is 18.3. The van der Waals surface area contributed by atoms with E-state index in [9.17, 15) is 14.0 Å². The van der Waals surface area contributed by atoms with Crippen LogP contribution in [0, 0.1) is 12.7 Å². The van der Waals surface area contributed by atoms with E-state index in [2.05, 4.69) is 5.32 Å². The summed E-state index contributed by atoms with van der Waals surface area (Å²) in [6, 6.07) is 13.6. The lowest BCUT2D eigenvalue weighted by Crippen LogP contribution is -2.52. The van der Waals surface area contributed by atoms with Crippen molar-refractivity contribution < 1.29 is 18.7 Å². The second kappa shape index (κ2) is 10.0. The maximum Gasteiger partial charge on any atom is 0.260 e. The van der Waals surface area contributed by atoms with Crippen LogP contribution < -0.4 is 10.1 Å². The quantitative estimate of drug-likeness (QED) is 0.773. The Bertz CT molecular complexity index is 833. The first-order valence-electron chi connectivity index (χ1n) is 9.71. The molecule has 1 saturated heterocycles. The van der Waals surface area contributed by atoms with Gasteiger partial charge in [0.2, 0.25) is 5.91 Å². The van der Waals surface area contributed by atoms with Crippen LogP contribution in [0.15, 0.2) is 48.5 Å². The normalized spacial score (nSPS) is 14.5. The van der Waals surface area contributed by atoms with Gasteiger partial charge in [-0.15, -0.1) is 0 Å². The van der Waals surface area contributed by atoms with Crippen molar-refractivity contribution in [3.63, 3.8) is 0 Å².